The molecule has 0 aromatic heterocycles. The Morgan fingerprint density at radius 3 is 2.32 bits per heavy atom. The van der Waals surface area contributed by atoms with E-state index in [-0.39, 0.29) is 11.1 Å². The monoisotopic (exact) mass is 377 g/mol. The zero-order valence-corrected chi connectivity index (χ0v) is 12.2. The molecule has 2 aromatic carbocycles. The SMILES string of the molecule is Cc1cc(F)c(C(N)c2ccc(F)cc2I)cc1F. The summed E-state index contributed by atoms with van der Waals surface area (Å²) >= 11 is 1.92. The summed E-state index contributed by atoms with van der Waals surface area (Å²) in [6.45, 7) is 1.48. The van der Waals surface area contributed by atoms with Crippen LogP contribution in [0.15, 0.2) is 30.3 Å². The lowest BCUT2D eigenvalue weighted by Crippen LogP contribution is -2.15. The van der Waals surface area contributed by atoms with E-state index in [2.05, 4.69) is 0 Å². The van der Waals surface area contributed by atoms with Gasteiger partial charge in [-0.05, 0) is 64.9 Å². The maximum absolute atomic E-state index is 13.9. The summed E-state index contributed by atoms with van der Waals surface area (Å²) in [5.74, 6) is -1.47. The highest BCUT2D eigenvalue weighted by Gasteiger charge is 2.18. The van der Waals surface area contributed by atoms with Crippen LogP contribution in [0.3, 0.4) is 0 Å². The Kier molecular flexibility index (Phi) is 4.15. The van der Waals surface area contributed by atoms with Crippen molar-refractivity contribution in [3.05, 3.63) is 68.0 Å². The average molecular weight is 377 g/mol. The summed E-state index contributed by atoms with van der Waals surface area (Å²) in [5.41, 5.74) is 6.80. The fourth-order valence-corrected chi connectivity index (χ4v) is 2.63. The van der Waals surface area contributed by atoms with Crippen LogP contribution in [0.1, 0.15) is 22.7 Å². The average Bonchev–Trinajstić information content (AvgIpc) is 2.33. The number of nitrogens with two attached hydrogens (primary N) is 1. The Hall–Kier alpha value is -1.08. The molecular weight excluding hydrogens is 366 g/mol. The smallest absolute Gasteiger partial charge is 0.128 e. The molecule has 5 heteroatoms. The van der Waals surface area contributed by atoms with Gasteiger partial charge < -0.3 is 5.73 Å². The van der Waals surface area contributed by atoms with E-state index in [9.17, 15) is 13.2 Å². The van der Waals surface area contributed by atoms with E-state index in [0.29, 0.717) is 9.13 Å². The molecule has 0 aliphatic heterocycles. The molecule has 2 N–H and O–H groups in total. The lowest BCUT2D eigenvalue weighted by Gasteiger charge is -2.16. The summed E-state index contributed by atoms with van der Waals surface area (Å²) in [5, 5.41) is 0. The number of hydrogen-bond acceptors (Lipinski definition) is 1. The molecule has 1 nitrogen and oxygen atoms in total. The van der Waals surface area contributed by atoms with Crippen molar-refractivity contribution in [1.29, 1.82) is 0 Å². The minimum Gasteiger partial charge on any atom is -0.320 e. The molecular formula is C14H11F3IN. The Labute approximate surface area is 122 Å². The first-order valence-electron chi connectivity index (χ1n) is 5.56. The van der Waals surface area contributed by atoms with Crippen molar-refractivity contribution in [3.63, 3.8) is 0 Å². The summed E-state index contributed by atoms with van der Waals surface area (Å²) in [4.78, 5) is 0. The van der Waals surface area contributed by atoms with E-state index in [1.165, 1.54) is 25.1 Å². The highest BCUT2D eigenvalue weighted by molar-refractivity contribution is 14.1. The Morgan fingerprint density at radius 1 is 1.00 bits per heavy atom. The zero-order valence-electron chi connectivity index (χ0n) is 10.1. The highest BCUT2D eigenvalue weighted by Crippen LogP contribution is 2.28. The third-order valence-corrected chi connectivity index (χ3v) is 3.84. The topological polar surface area (TPSA) is 26.0 Å². The maximum Gasteiger partial charge on any atom is 0.128 e. The molecule has 0 aliphatic rings. The molecule has 0 saturated carbocycles. The van der Waals surface area contributed by atoms with Crippen LogP contribution in [0.25, 0.3) is 0 Å². The van der Waals surface area contributed by atoms with Gasteiger partial charge in [-0.3, -0.25) is 0 Å². The van der Waals surface area contributed by atoms with Gasteiger partial charge in [0.25, 0.3) is 0 Å². The molecule has 2 rings (SSSR count). The van der Waals surface area contributed by atoms with Crippen molar-refractivity contribution in [2.75, 3.05) is 0 Å². The predicted octanol–water partition coefficient (Wildman–Crippen LogP) is 4.07. The molecule has 0 bridgehead atoms. The second kappa shape index (κ2) is 5.50. The van der Waals surface area contributed by atoms with Gasteiger partial charge in [-0.1, -0.05) is 6.07 Å². The van der Waals surface area contributed by atoms with Gasteiger partial charge in [-0.25, -0.2) is 13.2 Å². The summed E-state index contributed by atoms with van der Waals surface area (Å²) in [7, 11) is 0. The third kappa shape index (κ3) is 2.92. The van der Waals surface area contributed by atoms with E-state index in [1.54, 1.807) is 0 Å². The van der Waals surface area contributed by atoms with Crippen molar-refractivity contribution in [2.24, 2.45) is 5.73 Å². The second-order valence-corrected chi connectivity index (χ2v) is 5.43. The van der Waals surface area contributed by atoms with Gasteiger partial charge in [0.15, 0.2) is 0 Å². The molecule has 0 spiro atoms. The summed E-state index contributed by atoms with van der Waals surface area (Å²) in [6.07, 6.45) is 0. The van der Waals surface area contributed by atoms with Crippen LogP contribution in [0.5, 0.6) is 0 Å². The van der Waals surface area contributed by atoms with Gasteiger partial charge in [-0.15, -0.1) is 0 Å². The molecule has 2 aromatic rings. The second-order valence-electron chi connectivity index (χ2n) is 4.27. The van der Waals surface area contributed by atoms with Gasteiger partial charge in [0, 0.05) is 9.13 Å². The lowest BCUT2D eigenvalue weighted by molar-refractivity contribution is 0.570. The Morgan fingerprint density at radius 2 is 1.68 bits per heavy atom. The van der Waals surface area contributed by atoms with Crippen LogP contribution in [-0.2, 0) is 0 Å². The quantitative estimate of drug-likeness (QED) is 0.785. The van der Waals surface area contributed by atoms with E-state index in [1.807, 2.05) is 22.6 Å². The van der Waals surface area contributed by atoms with Gasteiger partial charge in [0.1, 0.15) is 17.5 Å². The van der Waals surface area contributed by atoms with Gasteiger partial charge in [0.05, 0.1) is 6.04 Å². The minimum absolute atomic E-state index is 0.0626. The minimum atomic E-state index is -0.831. The van der Waals surface area contributed by atoms with Gasteiger partial charge in [-0.2, -0.15) is 0 Å². The van der Waals surface area contributed by atoms with Gasteiger partial charge in [0.2, 0.25) is 0 Å². The van der Waals surface area contributed by atoms with Crippen LogP contribution in [-0.4, -0.2) is 0 Å². The van der Waals surface area contributed by atoms with E-state index in [4.69, 9.17) is 5.73 Å². The number of aryl methyl sites for hydroxylation is 1. The third-order valence-electron chi connectivity index (χ3n) is 2.91. The first kappa shape index (κ1) is 14.3. The van der Waals surface area contributed by atoms with E-state index < -0.39 is 23.5 Å². The van der Waals surface area contributed by atoms with E-state index >= 15 is 0 Å². The molecule has 100 valence electrons. The Balaban J connectivity index is 2.49. The highest BCUT2D eigenvalue weighted by atomic mass is 127. The van der Waals surface area contributed by atoms with Crippen LogP contribution in [0, 0.1) is 27.9 Å². The van der Waals surface area contributed by atoms with Crippen molar-refractivity contribution in [2.45, 2.75) is 13.0 Å². The molecule has 1 atom stereocenters. The molecule has 0 fully saturated rings. The summed E-state index contributed by atoms with van der Waals surface area (Å²) < 4.78 is 41.0. The van der Waals surface area contributed by atoms with Crippen LogP contribution in [0.2, 0.25) is 0 Å². The molecule has 0 saturated heterocycles. The largest absolute Gasteiger partial charge is 0.320 e. The number of rotatable bonds is 2. The first-order valence-corrected chi connectivity index (χ1v) is 6.64. The zero-order chi connectivity index (χ0) is 14.2. The molecule has 0 heterocycles. The predicted molar refractivity (Wildman–Crippen MR) is 76.2 cm³/mol. The lowest BCUT2D eigenvalue weighted by atomic mass is 9.98. The molecule has 1 unspecified atom stereocenters. The molecule has 19 heavy (non-hydrogen) atoms. The fraction of sp³-hybridized carbons (Fsp3) is 0.143. The molecule has 0 amide bonds. The summed E-state index contributed by atoms with van der Waals surface area (Å²) in [6, 6.07) is 5.41. The van der Waals surface area contributed by atoms with Crippen LogP contribution >= 0.6 is 22.6 Å². The van der Waals surface area contributed by atoms with Crippen LogP contribution < -0.4 is 5.73 Å². The standard InChI is InChI=1S/C14H11F3IN/c1-7-4-12(17)10(6-11(7)16)14(19)9-3-2-8(15)5-13(9)18/h2-6,14H,19H2,1H3. The van der Waals surface area contributed by atoms with Crippen molar-refractivity contribution < 1.29 is 13.2 Å². The first-order chi connectivity index (χ1) is 8.90. The molecule has 0 radical (unpaired) electrons. The van der Waals surface area contributed by atoms with Gasteiger partial charge >= 0.3 is 0 Å². The fourth-order valence-electron chi connectivity index (χ4n) is 1.82. The normalized spacial score (nSPS) is 12.5. The number of benzene rings is 2. The Bertz CT molecular complexity index is 628. The molecule has 0 aliphatic carbocycles. The van der Waals surface area contributed by atoms with Crippen molar-refractivity contribution in [3.8, 4) is 0 Å². The number of halogens is 4. The maximum atomic E-state index is 13.9. The van der Waals surface area contributed by atoms with Crippen LogP contribution in [0.4, 0.5) is 13.2 Å². The van der Waals surface area contributed by atoms with Crippen molar-refractivity contribution >= 4 is 22.6 Å². The van der Waals surface area contributed by atoms with E-state index in [0.717, 1.165) is 12.1 Å². The number of hydrogen-bond donors (Lipinski definition) is 1. The van der Waals surface area contributed by atoms with Crippen molar-refractivity contribution in [1.82, 2.24) is 0 Å².